The van der Waals surface area contributed by atoms with Crippen molar-refractivity contribution in [2.24, 2.45) is 0 Å². The predicted octanol–water partition coefficient (Wildman–Crippen LogP) is 4.05. The molecule has 0 fully saturated rings. The fraction of sp³-hybridized carbons (Fsp3) is 0.273. The van der Waals surface area contributed by atoms with E-state index in [1.165, 1.54) is 0 Å². The van der Waals surface area contributed by atoms with Crippen molar-refractivity contribution in [1.82, 2.24) is 5.32 Å². The van der Waals surface area contributed by atoms with Crippen molar-refractivity contribution >= 4 is 18.0 Å². The Morgan fingerprint density at radius 3 is 2.14 bits per heavy atom. The van der Waals surface area contributed by atoms with E-state index < -0.39 is 29.0 Å². The minimum absolute atomic E-state index is 0.00327. The number of amides is 1. The fourth-order valence-electron chi connectivity index (χ4n) is 3.62. The molecule has 0 unspecified atom stereocenters. The minimum Gasteiger partial charge on any atom is -0.479 e. The van der Waals surface area contributed by atoms with Crippen molar-refractivity contribution in [3.63, 3.8) is 0 Å². The molecule has 2 aromatic carbocycles. The number of hydrogen-bond donors (Lipinski definition) is 2. The predicted molar refractivity (Wildman–Crippen MR) is 102 cm³/mol. The van der Waals surface area contributed by atoms with Gasteiger partial charge in [0.15, 0.2) is 0 Å². The summed E-state index contributed by atoms with van der Waals surface area (Å²) in [6.07, 6.45) is 1.23. The topological polar surface area (TPSA) is 66.4 Å². The lowest BCUT2D eigenvalue weighted by Crippen LogP contribution is -2.55. The Balaban J connectivity index is 2.01. The summed E-state index contributed by atoms with van der Waals surface area (Å²) < 4.78 is 28.2. The van der Waals surface area contributed by atoms with Crippen LogP contribution in [0.1, 0.15) is 46.5 Å². The first kappa shape index (κ1) is 19.7. The number of benzene rings is 2. The largest absolute Gasteiger partial charge is 0.479 e. The second-order valence-corrected chi connectivity index (χ2v) is 7.44. The monoisotopic (exact) mass is 385 g/mol. The van der Waals surface area contributed by atoms with Crippen LogP contribution >= 0.6 is 0 Å². The van der Waals surface area contributed by atoms with Crippen LogP contribution in [-0.4, -0.2) is 22.5 Å². The third kappa shape index (κ3) is 3.42. The molecule has 2 aromatic rings. The molecule has 3 rings (SSSR count). The second-order valence-electron chi connectivity index (χ2n) is 7.44. The number of hydrogen-bond acceptors (Lipinski definition) is 2. The molecule has 6 heteroatoms. The number of rotatable bonds is 4. The molecule has 28 heavy (non-hydrogen) atoms. The van der Waals surface area contributed by atoms with Crippen LogP contribution in [0.15, 0.2) is 35.9 Å². The second kappa shape index (κ2) is 7.19. The molecule has 0 bridgehead atoms. The number of carboxylic acid groups (broad SMARTS) is 1. The number of halogens is 2. The standard InChI is InChI=1S/C22H21F2NO3/c1-12(2)9-15-13(3)5-4-6-14(15)20(26)25-22(21(27)28)10-16-17(11-22)19(24)8-7-18(16)23/h4-9H,10-11H2,1-3H3,(H,25,26)(H,27,28). The number of carboxylic acids is 1. The molecule has 4 nitrogen and oxygen atoms in total. The van der Waals surface area contributed by atoms with Crippen molar-refractivity contribution < 1.29 is 23.5 Å². The van der Waals surface area contributed by atoms with E-state index in [1.54, 1.807) is 12.1 Å². The van der Waals surface area contributed by atoms with Gasteiger partial charge in [0.25, 0.3) is 5.91 Å². The minimum atomic E-state index is -1.80. The van der Waals surface area contributed by atoms with E-state index in [-0.39, 0.29) is 24.0 Å². The maximum Gasteiger partial charge on any atom is 0.330 e. The van der Waals surface area contributed by atoms with Gasteiger partial charge in [-0.1, -0.05) is 23.8 Å². The summed E-state index contributed by atoms with van der Waals surface area (Å²) in [5, 5.41) is 12.4. The van der Waals surface area contributed by atoms with Crippen molar-refractivity contribution in [3.8, 4) is 0 Å². The molecule has 0 aromatic heterocycles. The van der Waals surface area contributed by atoms with Crippen LogP contribution < -0.4 is 5.32 Å². The van der Waals surface area contributed by atoms with Gasteiger partial charge in [-0.2, -0.15) is 0 Å². The molecule has 1 aliphatic carbocycles. The average Bonchev–Trinajstić information content (AvgIpc) is 3.02. The highest BCUT2D eigenvalue weighted by atomic mass is 19.1. The molecule has 0 atom stereocenters. The quantitative estimate of drug-likeness (QED) is 0.835. The maximum atomic E-state index is 14.1. The lowest BCUT2D eigenvalue weighted by Gasteiger charge is -2.26. The van der Waals surface area contributed by atoms with Gasteiger partial charge in [-0.25, -0.2) is 13.6 Å². The number of fused-ring (bicyclic) bond motifs is 1. The van der Waals surface area contributed by atoms with Crippen LogP contribution in [0.5, 0.6) is 0 Å². The third-order valence-corrected chi connectivity index (χ3v) is 5.04. The molecule has 1 amide bonds. The van der Waals surface area contributed by atoms with E-state index in [0.717, 1.165) is 23.3 Å². The van der Waals surface area contributed by atoms with Crippen molar-refractivity contribution in [1.29, 1.82) is 0 Å². The van der Waals surface area contributed by atoms with E-state index >= 15 is 0 Å². The molecule has 0 saturated carbocycles. The van der Waals surface area contributed by atoms with Crippen molar-refractivity contribution in [3.05, 3.63) is 75.4 Å². The van der Waals surface area contributed by atoms with E-state index in [9.17, 15) is 23.5 Å². The van der Waals surface area contributed by atoms with Gasteiger partial charge >= 0.3 is 5.97 Å². The summed E-state index contributed by atoms with van der Waals surface area (Å²) in [7, 11) is 0. The van der Waals surface area contributed by atoms with Crippen molar-refractivity contribution in [2.75, 3.05) is 0 Å². The zero-order valence-corrected chi connectivity index (χ0v) is 15.9. The summed E-state index contributed by atoms with van der Waals surface area (Å²) in [6.45, 7) is 5.65. The SMILES string of the molecule is CC(C)=Cc1c(C)cccc1C(=O)NC1(C(=O)O)Cc2c(F)ccc(F)c2C1. The van der Waals surface area contributed by atoms with E-state index in [1.807, 2.05) is 32.9 Å². The molecule has 0 saturated heterocycles. The van der Waals surface area contributed by atoms with E-state index in [4.69, 9.17) is 0 Å². The van der Waals surface area contributed by atoms with Gasteiger partial charge in [-0.3, -0.25) is 4.79 Å². The molecular formula is C22H21F2NO3. The zero-order chi connectivity index (χ0) is 20.6. The van der Waals surface area contributed by atoms with Crippen LogP contribution in [0, 0.1) is 18.6 Å². The number of allylic oxidation sites excluding steroid dienone is 1. The smallest absolute Gasteiger partial charge is 0.330 e. The first-order valence-electron chi connectivity index (χ1n) is 8.91. The van der Waals surface area contributed by atoms with Gasteiger partial charge in [0.2, 0.25) is 0 Å². The van der Waals surface area contributed by atoms with Crippen LogP contribution in [0.25, 0.3) is 6.08 Å². The Hall–Kier alpha value is -3.02. The van der Waals surface area contributed by atoms with Gasteiger partial charge in [0.1, 0.15) is 17.2 Å². The van der Waals surface area contributed by atoms with Gasteiger partial charge in [-0.15, -0.1) is 0 Å². The van der Waals surface area contributed by atoms with Crippen LogP contribution in [-0.2, 0) is 17.6 Å². The van der Waals surface area contributed by atoms with E-state index in [2.05, 4.69) is 5.32 Å². The summed E-state index contributed by atoms with van der Waals surface area (Å²) >= 11 is 0. The Morgan fingerprint density at radius 1 is 1.07 bits per heavy atom. The van der Waals surface area contributed by atoms with Gasteiger partial charge in [0.05, 0.1) is 0 Å². The first-order chi connectivity index (χ1) is 13.1. The van der Waals surface area contributed by atoms with Gasteiger partial charge in [0, 0.05) is 18.4 Å². The Labute approximate surface area is 161 Å². The number of aliphatic carboxylic acids is 1. The molecule has 1 aliphatic rings. The maximum absolute atomic E-state index is 14.1. The van der Waals surface area contributed by atoms with Crippen LogP contribution in [0.4, 0.5) is 8.78 Å². The van der Waals surface area contributed by atoms with Gasteiger partial charge in [-0.05, 0) is 61.2 Å². The molecule has 0 spiro atoms. The highest BCUT2D eigenvalue weighted by Gasteiger charge is 2.47. The summed E-state index contributed by atoms with van der Waals surface area (Å²) in [5.74, 6) is -3.26. The zero-order valence-electron chi connectivity index (χ0n) is 15.9. The molecule has 2 N–H and O–H groups in total. The summed E-state index contributed by atoms with van der Waals surface area (Å²) in [5.41, 5.74) is 1.05. The molecular weight excluding hydrogens is 364 g/mol. The fourth-order valence-corrected chi connectivity index (χ4v) is 3.62. The lowest BCUT2D eigenvalue weighted by atomic mass is 9.93. The van der Waals surface area contributed by atoms with Crippen LogP contribution in [0.3, 0.4) is 0 Å². The highest BCUT2D eigenvalue weighted by Crippen LogP contribution is 2.34. The average molecular weight is 385 g/mol. The number of carbonyl (C=O) groups excluding carboxylic acids is 1. The first-order valence-corrected chi connectivity index (χ1v) is 8.91. The number of carbonyl (C=O) groups is 2. The lowest BCUT2D eigenvalue weighted by molar-refractivity contribution is -0.144. The van der Waals surface area contributed by atoms with Crippen molar-refractivity contribution in [2.45, 2.75) is 39.2 Å². The summed E-state index contributed by atoms with van der Waals surface area (Å²) in [4.78, 5) is 25.0. The third-order valence-electron chi connectivity index (χ3n) is 5.04. The highest BCUT2D eigenvalue weighted by molar-refractivity contribution is 6.01. The summed E-state index contributed by atoms with van der Waals surface area (Å²) in [6, 6.07) is 7.12. The molecule has 146 valence electrons. The van der Waals surface area contributed by atoms with Gasteiger partial charge < -0.3 is 10.4 Å². The number of nitrogens with one attached hydrogen (secondary N) is 1. The Bertz CT molecular complexity index is 976. The molecule has 0 aliphatic heterocycles. The Morgan fingerprint density at radius 2 is 1.64 bits per heavy atom. The Kier molecular flexibility index (Phi) is 5.06. The van der Waals surface area contributed by atoms with E-state index in [0.29, 0.717) is 11.1 Å². The molecule has 0 radical (unpaired) electrons. The molecule has 0 heterocycles. The normalized spacial score (nSPS) is 14.3. The van der Waals surface area contributed by atoms with Crippen LogP contribution in [0.2, 0.25) is 0 Å². The number of aryl methyl sites for hydroxylation is 1.